The maximum Gasteiger partial charge on any atom is 0.357 e. The second-order valence-corrected chi connectivity index (χ2v) is 6.01. The highest BCUT2D eigenvalue weighted by atomic mass is 16.5. The lowest BCUT2D eigenvalue weighted by Gasteiger charge is -2.16. The van der Waals surface area contributed by atoms with E-state index in [0.29, 0.717) is 11.4 Å². The van der Waals surface area contributed by atoms with Crippen LogP contribution in [0.25, 0.3) is 5.69 Å². The van der Waals surface area contributed by atoms with Gasteiger partial charge in [0.25, 0.3) is 0 Å². The number of carbonyl (C=O) groups excluding carboxylic acids is 2. The van der Waals surface area contributed by atoms with Crippen molar-refractivity contribution in [1.82, 2.24) is 9.47 Å². The van der Waals surface area contributed by atoms with Gasteiger partial charge in [0, 0.05) is 11.9 Å². The lowest BCUT2D eigenvalue weighted by atomic mass is 10.1. The number of esters is 1. The SMILES string of the molecule is COC(=O)c1c(N)c(C#N)cn1-c1cccc(NC(=O)CN(C)C)c1C. The van der Waals surface area contributed by atoms with Crippen LogP contribution < -0.4 is 11.1 Å². The number of hydrogen-bond acceptors (Lipinski definition) is 6. The summed E-state index contributed by atoms with van der Waals surface area (Å²) in [6.07, 6.45) is 1.48. The van der Waals surface area contributed by atoms with E-state index < -0.39 is 5.97 Å². The Bertz CT molecular complexity index is 893. The molecule has 0 aliphatic rings. The van der Waals surface area contributed by atoms with Gasteiger partial charge in [-0.15, -0.1) is 0 Å². The first-order valence-corrected chi connectivity index (χ1v) is 7.84. The largest absolute Gasteiger partial charge is 0.464 e. The highest BCUT2D eigenvalue weighted by molar-refractivity contribution is 5.97. The molecule has 0 aliphatic heterocycles. The van der Waals surface area contributed by atoms with E-state index in [2.05, 4.69) is 5.32 Å². The molecule has 0 aliphatic carbocycles. The summed E-state index contributed by atoms with van der Waals surface area (Å²) in [5, 5.41) is 12.1. The van der Waals surface area contributed by atoms with Crippen LogP contribution in [0.3, 0.4) is 0 Å². The number of benzene rings is 1. The zero-order valence-electron chi connectivity index (χ0n) is 15.2. The van der Waals surface area contributed by atoms with Gasteiger partial charge in [-0.2, -0.15) is 5.26 Å². The van der Waals surface area contributed by atoms with E-state index in [1.165, 1.54) is 17.9 Å². The van der Waals surface area contributed by atoms with Gasteiger partial charge in [0.2, 0.25) is 5.91 Å². The minimum absolute atomic E-state index is 0.0563. The van der Waals surface area contributed by atoms with Crippen molar-refractivity contribution in [2.45, 2.75) is 6.92 Å². The second kappa shape index (κ2) is 7.72. The Labute approximate surface area is 151 Å². The highest BCUT2D eigenvalue weighted by Gasteiger charge is 2.23. The molecule has 1 aromatic carbocycles. The van der Waals surface area contributed by atoms with Crippen molar-refractivity contribution in [2.75, 3.05) is 38.8 Å². The maximum atomic E-state index is 12.1. The molecule has 8 heteroatoms. The van der Waals surface area contributed by atoms with Crippen LogP contribution in [0.4, 0.5) is 11.4 Å². The van der Waals surface area contributed by atoms with Gasteiger partial charge < -0.3 is 25.3 Å². The lowest BCUT2D eigenvalue weighted by molar-refractivity contribution is -0.116. The summed E-state index contributed by atoms with van der Waals surface area (Å²) < 4.78 is 6.30. The summed E-state index contributed by atoms with van der Waals surface area (Å²) >= 11 is 0. The van der Waals surface area contributed by atoms with Crippen LogP contribution in [0.15, 0.2) is 24.4 Å². The number of amides is 1. The van der Waals surface area contributed by atoms with Gasteiger partial charge in [0.05, 0.1) is 30.6 Å². The fraction of sp³-hybridized carbons (Fsp3) is 0.278. The molecule has 0 saturated heterocycles. The maximum absolute atomic E-state index is 12.1. The molecule has 136 valence electrons. The van der Waals surface area contributed by atoms with Crippen LogP contribution >= 0.6 is 0 Å². The van der Waals surface area contributed by atoms with Crippen LogP contribution in [0.2, 0.25) is 0 Å². The summed E-state index contributed by atoms with van der Waals surface area (Å²) in [5.41, 5.74) is 8.18. The number of aromatic nitrogens is 1. The number of anilines is 2. The van der Waals surface area contributed by atoms with Crippen molar-refractivity contribution in [2.24, 2.45) is 0 Å². The van der Waals surface area contributed by atoms with Gasteiger partial charge in [-0.1, -0.05) is 6.07 Å². The number of nitrogens with two attached hydrogens (primary N) is 1. The summed E-state index contributed by atoms with van der Waals surface area (Å²) in [6, 6.07) is 7.24. The van der Waals surface area contributed by atoms with Crippen LogP contribution in [0.1, 0.15) is 21.6 Å². The zero-order chi connectivity index (χ0) is 19.4. The number of likely N-dealkylation sites (N-methyl/N-ethyl adjacent to an activating group) is 1. The minimum Gasteiger partial charge on any atom is -0.464 e. The Morgan fingerprint density at radius 2 is 2.08 bits per heavy atom. The van der Waals surface area contributed by atoms with E-state index in [0.717, 1.165) is 5.56 Å². The molecule has 0 atom stereocenters. The van der Waals surface area contributed by atoms with E-state index >= 15 is 0 Å². The van der Waals surface area contributed by atoms with Gasteiger partial charge in [-0.25, -0.2) is 4.79 Å². The number of nitriles is 1. The second-order valence-electron chi connectivity index (χ2n) is 6.01. The molecule has 2 aromatic rings. The van der Waals surface area contributed by atoms with Crippen LogP contribution in [-0.4, -0.2) is 49.1 Å². The molecule has 0 radical (unpaired) electrons. The molecule has 1 amide bonds. The number of methoxy groups -OCH3 is 1. The first-order valence-electron chi connectivity index (χ1n) is 7.84. The number of hydrogen-bond donors (Lipinski definition) is 2. The Morgan fingerprint density at radius 1 is 1.38 bits per heavy atom. The average Bonchev–Trinajstić information content (AvgIpc) is 2.91. The van der Waals surface area contributed by atoms with Crippen molar-refractivity contribution in [3.8, 4) is 11.8 Å². The van der Waals surface area contributed by atoms with Gasteiger partial charge in [-0.05, 0) is 38.7 Å². The predicted octanol–water partition coefficient (Wildman–Crippen LogP) is 1.53. The van der Waals surface area contributed by atoms with E-state index in [9.17, 15) is 14.9 Å². The number of ether oxygens (including phenoxy) is 1. The average molecular weight is 355 g/mol. The fourth-order valence-electron chi connectivity index (χ4n) is 2.60. The quantitative estimate of drug-likeness (QED) is 0.786. The van der Waals surface area contributed by atoms with Gasteiger partial charge in [0.15, 0.2) is 5.69 Å². The molecular weight excluding hydrogens is 334 g/mol. The summed E-state index contributed by atoms with van der Waals surface area (Å²) in [4.78, 5) is 26.0. The molecule has 0 bridgehead atoms. The minimum atomic E-state index is -0.648. The Hall–Kier alpha value is -3.31. The van der Waals surface area contributed by atoms with Crippen LogP contribution in [0, 0.1) is 18.3 Å². The predicted molar refractivity (Wildman–Crippen MR) is 98.2 cm³/mol. The number of rotatable bonds is 5. The van der Waals surface area contributed by atoms with Gasteiger partial charge >= 0.3 is 5.97 Å². The van der Waals surface area contributed by atoms with Crippen molar-refractivity contribution in [3.05, 3.63) is 41.2 Å². The smallest absolute Gasteiger partial charge is 0.357 e. The summed E-state index contributed by atoms with van der Waals surface area (Å²) in [6.45, 7) is 2.05. The van der Waals surface area contributed by atoms with Crippen LogP contribution in [-0.2, 0) is 9.53 Å². The van der Waals surface area contributed by atoms with E-state index in [1.54, 1.807) is 37.2 Å². The van der Waals surface area contributed by atoms with Crippen molar-refractivity contribution in [3.63, 3.8) is 0 Å². The Balaban J connectivity index is 2.54. The topological polar surface area (TPSA) is 113 Å². The van der Waals surface area contributed by atoms with Gasteiger partial charge in [-0.3, -0.25) is 4.79 Å². The normalized spacial score (nSPS) is 10.5. The third-order valence-corrected chi connectivity index (χ3v) is 3.84. The first-order chi connectivity index (χ1) is 12.3. The standard InChI is InChI=1S/C18H21N5O3/c1-11-13(21-15(24)10-22(2)3)6-5-7-14(11)23-9-12(8-19)16(20)17(23)18(25)26-4/h5-7,9H,10,20H2,1-4H3,(H,21,24). The zero-order valence-corrected chi connectivity index (χ0v) is 15.2. The Morgan fingerprint density at radius 3 is 2.65 bits per heavy atom. The molecular formula is C18H21N5O3. The van der Waals surface area contributed by atoms with Crippen molar-refractivity contribution in [1.29, 1.82) is 5.26 Å². The molecule has 1 aromatic heterocycles. The highest BCUT2D eigenvalue weighted by Crippen LogP contribution is 2.29. The fourth-order valence-corrected chi connectivity index (χ4v) is 2.60. The van der Waals surface area contributed by atoms with Crippen molar-refractivity contribution < 1.29 is 14.3 Å². The van der Waals surface area contributed by atoms with Crippen LogP contribution in [0.5, 0.6) is 0 Å². The number of nitrogen functional groups attached to an aromatic ring is 1. The molecule has 0 unspecified atom stereocenters. The molecule has 8 nitrogen and oxygen atoms in total. The lowest BCUT2D eigenvalue weighted by Crippen LogP contribution is -2.27. The molecule has 2 rings (SSSR count). The molecule has 1 heterocycles. The van der Waals surface area contributed by atoms with E-state index in [4.69, 9.17) is 10.5 Å². The molecule has 3 N–H and O–H groups in total. The Kier molecular flexibility index (Phi) is 5.64. The molecule has 26 heavy (non-hydrogen) atoms. The summed E-state index contributed by atoms with van der Waals surface area (Å²) in [7, 11) is 4.85. The monoisotopic (exact) mass is 355 g/mol. The van der Waals surface area contributed by atoms with Crippen molar-refractivity contribution >= 4 is 23.3 Å². The number of nitrogens with one attached hydrogen (secondary N) is 1. The summed E-state index contributed by atoms with van der Waals surface area (Å²) in [5.74, 6) is -0.807. The van der Waals surface area contributed by atoms with E-state index in [-0.39, 0.29) is 29.4 Å². The molecule has 0 spiro atoms. The third kappa shape index (κ3) is 3.68. The molecule has 0 fully saturated rings. The number of nitrogens with zero attached hydrogens (tertiary/aromatic N) is 3. The third-order valence-electron chi connectivity index (χ3n) is 3.84. The number of carbonyl (C=O) groups is 2. The molecule has 0 saturated carbocycles. The first kappa shape index (κ1) is 19.0. The van der Waals surface area contributed by atoms with E-state index in [1.807, 2.05) is 13.0 Å². The van der Waals surface area contributed by atoms with Gasteiger partial charge in [0.1, 0.15) is 6.07 Å².